The molecular weight excluding hydrogens is 550 g/mol. The van der Waals surface area contributed by atoms with Gasteiger partial charge in [0.1, 0.15) is 11.5 Å². The molecule has 0 atom stereocenters. The fourth-order valence-corrected chi connectivity index (χ4v) is 5.67. The second-order valence-corrected chi connectivity index (χ2v) is 13.4. The number of ether oxygens (including phenoxy) is 1. The molecule has 10 nitrogen and oxygen atoms in total. The smallest absolute Gasteiger partial charge is 0.212 e. The molecule has 0 amide bonds. The summed E-state index contributed by atoms with van der Waals surface area (Å²) < 4.78 is 9.59. The first-order chi connectivity index (χ1) is 21.1. The van der Waals surface area contributed by atoms with E-state index >= 15 is 0 Å². The number of nitrogens with zero attached hydrogens (tertiary/aromatic N) is 7. The maximum Gasteiger partial charge on any atom is 0.212 e. The van der Waals surface area contributed by atoms with Crippen LogP contribution in [0.25, 0.3) is 33.7 Å². The summed E-state index contributed by atoms with van der Waals surface area (Å²) in [7, 11) is 3.67. The largest absolute Gasteiger partial charge is 0.481 e. The first kappa shape index (κ1) is 28.3. The van der Waals surface area contributed by atoms with Crippen molar-refractivity contribution >= 4 is 29.1 Å². The zero-order valence-corrected chi connectivity index (χ0v) is 26.2. The van der Waals surface area contributed by atoms with Gasteiger partial charge in [-0.15, -0.1) is 0 Å². The maximum absolute atomic E-state index is 6.60. The zero-order chi connectivity index (χ0) is 30.7. The third kappa shape index (κ3) is 5.37. The van der Waals surface area contributed by atoms with Crippen molar-refractivity contribution in [1.82, 2.24) is 24.3 Å². The van der Waals surface area contributed by atoms with Gasteiger partial charge >= 0.3 is 0 Å². The third-order valence-electron chi connectivity index (χ3n) is 8.67. The maximum atomic E-state index is 6.60. The fourth-order valence-electron chi connectivity index (χ4n) is 5.67. The number of aromatic nitrogens is 5. The number of nitrogen functional groups attached to an aromatic ring is 1. The minimum atomic E-state index is -0.131. The Labute approximate surface area is 258 Å². The molecule has 44 heavy (non-hydrogen) atoms. The Morgan fingerprint density at radius 1 is 1.05 bits per heavy atom. The fraction of sp³-hybridized carbons (Fsp3) is 0.441. The van der Waals surface area contributed by atoms with Crippen LogP contribution in [0, 0.1) is 0 Å². The Bertz CT molecular complexity index is 1840. The molecule has 10 heteroatoms. The second kappa shape index (κ2) is 10.6. The molecule has 0 bridgehead atoms. The van der Waals surface area contributed by atoms with Crippen LogP contribution in [0.15, 0.2) is 52.0 Å². The van der Waals surface area contributed by atoms with Gasteiger partial charge in [0, 0.05) is 64.8 Å². The molecule has 3 fully saturated rings. The van der Waals surface area contributed by atoms with E-state index in [1.54, 1.807) is 12.4 Å². The number of pyridine rings is 1. The van der Waals surface area contributed by atoms with Crippen molar-refractivity contribution in [1.29, 1.82) is 0 Å². The minimum absolute atomic E-state index is 0.131. The summed E-state index contributed by atoms with van der Waals surface area (Å²) in [5, 5.41) is 5.86. The van der Waals surface area contributed by atoms with Crippen molar-refractivity contribution in [3.8, 4) is 22.6 Å². The molecule has 3 aromatic heterocycles. The van der Waals surface area contributed by atoms with Gasteiger partial charge in [-0.2, -0.15) is 5.10 Å². The van der Waals surface area contributed by atoms with Gasteiger partial charge in [-0.3, -0.25) is 9.67 Å². The van der Waals surface area contributed by atoms with Crippen LogP contribution in [0.1, 0.15) is 88.1 Å². The van der Waals surface area contributed by atoms with Crippen LogP contribution in [0.5, 0.6) is 0 Å². The summed E-state index contributed by atoms with van der Waals surface area (Å²) in [6, 6.07) is 8.52. The number of nitrogens with two attached hydrogens (primary N) is 2. The van der Waals surface area contributed by atoms with Crippen LogP contribution in [-0.4, -0.2) is 49.9 Å². The molecule has 4 N–H and O–H groups in total. The summed E-state index contributed by atoms with van der Waals surface area (Å²) in [6.45, 7) is 6.47. The van der Waals surface area contributed by atoms with Crippen molar-refractivity contribution < 1.29 is 4.74 Å². The Kier molecular flexibility index (Phi) is 6.82. The lowest BCUT2D eigenvalue weighted by atomic mass is 10.0. The van der Waals surface area contributed by atoms with E-state index in [-0.39, 0.29) is 11.4 Å². The predicted octanol–water partition coefficient (Wildman–Crippen LogP) is 6.02. The van der Waals surface area contributed by atoms with E-state index in [0.29, 0.717) is 29.3 Å². The van der Waals surface area contributed by atoms with Crippen LogP contribution >= 0.6 is 0 Å². The zero-order valence-electron chi connectivity index (χ0n) is 26.2. The van der Waals surface area contributed by atoms with Gasteiger partial charge in [0.25, 0.3) is 0 Å². The monoisotopic (exact) mass is 591 g/mol. The quantitative estimate of drug-likeness (QED) is 0.139. The topological polar surface area (TPSA) is 135 Å². The van der Waals surface area contributed by atoms with Crippen LogP contribution in [0.2, 0.25) is 0 Å². The van der Waals surface area contributed by atoms with Gasteiger partial charge in [0.05, 0.1) is 36.3 Å². The molecular formula is C34H41N9O. The molecule has 0 radical (unpaired) electrons. The summed E-state index contributed by atoms with van der Waals surface area (Å²) >= 11 is 0. The molecule has 4 aromatic rings. The van der Waals surface area contributed by atoms with Crippen LogP contribution < -0.4 is 11.5 Å². The number of methoxy groups -OCH3 is 1. The van der Waals surface area contributed by atoms with Gasteiger partial charge in [0.2, 0.25) is 5.88 Å². The van der Waals surface area contributed by atoms with Gasteiger partial charge in [0.15, 0.2) is 5.65 Å². The van der Waals surface area contributed by atoms with E-state index in [1.807, 2.05) is 16.8 Å². The number of rotatable bonds is 9. The molecule has 3 saturated carbocycles. The first-order valence-corrected chi connectivity index (χ1v) is 15.6. The standard InChI is InChI=1S/C34H41N9O/c1-34(2,3)43-18-21-15-24(28(19-9-10-19)39-32(21)41-43)33-40-29(30(42(33)4)20-11-12-20)23-7-6-8-26(35)25(23)16-38-27(31(36)44-5)17-37-22-13-14-22/h6-8,15-20,22H,9-14,35-36H2,1-5H3/b31-27-,37-17?,38-16?. The number of aliphatic imine (C=N–C) groups is 2. The summed E-state index contributed by atoms with van der Waals surface area (Å²) in [4.78, 5) is 19.8. The minimum Gasteiger partial charge on any atom is -0.481 e. The summed E-state index contributed by atoms with van der Waals surface area (Å²) in [6.07, 6.45) is 12.3. The Morgan fingerprint density at radius 2 is 1.80 bits per heavy atom. The van der Waals surface area contributed by atoms with E-state index in [0.717, 1.165) is 83.5 Å². The van der Waals surface area contributed by atoms with Crippen molar-refractivity contribution in [2.45, 2.75) is 82.7 Å². The lowest BCUT2D eigenvalue weighted by Gasteiger charge is -2.18. The Balaban J connectivity index is 1.36. The highest BCUT2D eigenvalue weighted by Gasteiger charge is 2.35. The van der Waals surface area contributed by atoms with E-state index in [1.165, 1.54) is 12.8 Å². The SMILES string of the molecule is CO/C(N)=C(/C=NC1CC1)N=Cc1c(N)cccc1-c1nc(-c2cc3cn(C(C)(C)C)nc3nc2C2CC2)n(C)c1C1CC1. The van der Waals surface area contributed by atoms with Gasteiger partial charge in [-0.25, -0.2) is 15.0 Å². The van der Waals surface area contributed by atoms with E-state index < -0.39 is 0 Å². The van der Waals surface area contributed by atoms with Gasteiger partial charge < -0.3 is 20.8 Å². The Hall–Kier alpha value is -4.47. The van der Waals surface area contributed by atoms with E-state index in [2.05, 4.69) is 55.7 Å². The number of fused-ring (bicyclic) bond motifs is 1. The number of allylic oxidation sites excluding steroid dienone is 1. The molecule has 1 aromatic carbocycles. The average molecular weight is 592 g/mol. The molecule has 0 spiro atoms. The highest BCUT2D eigenvalue weighted by molar-refractivity contribution is 5.98. The number of benzene rings is 1. The normalized spacial score (nSPS) is 18.1. The highest BCUT2D eigenvalue weighted by Crippen LogP contribution is 2.49. The molecule has 7 rings (SSSR count). The lowest BCUT2D eigenvalue weighted by molar-refractivity contribution is 0.284. The highest BCUT2D eigenvalue weighted by atomic mass is 16.5. The molecule has 0 saturated heterocycles. The second-order valence-electron chi connectivity index (χ2n) is 13.4. The molecule has 3 aliphatic carbocycles. The van der Waals surface area contributed by atoms with Crippen LogP contribution in [0.3, 0.4) is 0 Å². The average Bonchev–Trinajstić information content (AvgIpc) is 3.87. The Morgan fingerprint density at radius 3 is 2.45 bits per heavy atom. The summed E-state index contributed by atoms with van der Waals surface area (Å²) in [5.41, 5.74) is 20.5. The van der Waals surface area contributed by atoms with Crippen LogP contribution in [-0.2, 0) is 17.3 Å². The predicted molar refractivity (Wildman–Crippen MR) is 176 cm³/mol. The summed E-state index contributed by atoms with van der Waals surface area (Å²) in [5.74, 6) is 2.01. The molecule has 0 unspecified atom stereocenters. The van der Waals surface area contributed by atoms with E-state index in [4.69, 9.17) is 36.3 Å². The first-order valence-electron chi connectivity index (χ1n) is 15.6. The van der Waals surface area contributed by atoms with Crippen LogP contribution in [0.4, 0.5) is 5.69 Å². The number of imidazole rings is 1. The number of hydrogen-bond acceptors (Lipinski definition) is 8. The molecule has 228 valence electrons. The molecule has 3 heterocycles. The van der Waals surface area contributed by atoms with Crippen molar-refractivity contribution in [3.63, 3.8) is 0 Å². The van der Waals surface area contributed by atoms with Crippen molar-refractivity contribution in [3.05, 3.63) is 59.0 Å². The lowest BCUT2D eigenvalue weighted by Crippen LogP contribution is -2.21. The number of anilines is 1. The van der Waals surface area contributed by atoms with Gasteiger partial charge in [-0.05, 0) is 71.4 Å². The molecule has 3 aliphatic rings. The number of hydrogen-bond donors (Lipinski definition) is 2. The van der Waals surface area contributed by atoms with E-state index in [9.17, 15) is 0 Å². The third-order valence-corrected chi connectivity index (χ3v) is 8.67. The van der Waals surface area contributed by atoms with Crippen molar-refractivity contribution in [2.24, 2.45) is 22.8 Å². The molecule has 0 aliphatic heterocycles. The van der Waals surface area contributed by atoms with Crippen molar-refractivity contribution in [2.75, 3.05) is 12.8 Å². The van der Waals surface area contributed by atoms with Gasteiger partial charge in [-0.1, -0.05) is 12.1 Å².